The highest BCUT2D eigenvalue weighted by Crippen LogP contribution is 2.34. The highest BCUT2D eigenvalue weighted by Gasteiger charge is 2.36. The van der Waals surface area contributed by atoms with Crippen LogP contribution in [0.3, 0.4) is 0 Å². The van der Waals surface area contributed by atoms with Crippen molar-refractivity contribution < 1.29 is 8.42 Å². The molecule has 2 N–H and O–H groups in total. The second-order valence-corrected chi connectivity index (χ2v) is 7.36. The molecule has 0 aromatic heterocycles. The van der Waals surface area contributed by atoms with Crippen molar-refractivity contribution >= 4 is 9.84 Å². The van der Waals surface area contributed by atoms with Crippen molar-refractivity contribution in [2.24, 2.45) is 17.6 Å². The Balaban J connectivity index is 2.03. The maximum atomic E-state index is 11.4. The number of sulfone groups is 1. The average Bonchev–Trinajstić information content (AvgIpc) is 2.39. The van der Waals surface area contributed by atoms with Gasteiger partial charge < -0.3 is 5.73 Å². The van der Waals surface area contributed by atoms with E-state index >= 15 is 0 Å². The molecule has 4 heteroatoms. The van der Waals surface area contributed by atoms with E-state index in [9.17, 15) is 8.42 Å². The van der Waals surface area contributed by atoms with Gasteiger partial charge in [0.25, 0.3) is 0 Å². The third-order valence-electron chi connectivity index (χ3n) is 4.00. The topological polar surface area (TPSA) is 60.2 Å². The monoisotopic (exact) mass is 231 g/mol. The summed E-state index contributed by atoms with van der Waals surface area (Å²) in [5.74, 6) is 1.60. The molecule has 0 radical (unpaired) electrons. The normalized spacial score (nSPS) is 41.3. The standard InChI is InChI=1S/C11H21NO2S/c12-11-5-3-1-2-4-10(11)9-6-7-15(13,14)8-9/h9-11H,1-8,12H2. The van der Waals surface area contributed by atoms with E-state index in [1.165, 1.54) is 19.3 Å². The zero-order chi connectivity index (χ0) is 10.9. The second-order valence-electron chi connectivity index (χ2n) is 5.13. The quantitative estimate of drug-likeness (QED) is 0.693. The lowest BCUT2D eigenvalue weighted by Crippen LogP contribution is -2.34. The van der Waals surface area contributed by atoms with Crippen LogP contribution >= 0.6 is 0 Å². The van der Waals surface area contributed by atoms with E-state index in [2.05, 4.69) is 0 Å². The van der Waals surface area contributed by atoms with E-state index in [1.54, 1.807) is 0 Å². The smallest absolute Gasteiger partial charge is 0.150 e. The molecule has 0 aromatic rings. The van der Waals surface area contributed by atoms with Gasteiger partial charge in [-0.15, -0.1) is 0 Å². The van der Waals surface area contributed by atoms with Crippen LogP contribution in [0.1, 0.15) is 38.5 Å². The van der Waals surface area contributed by atoms with Crippen LogP contribution in [0.15, 0.2) is 0 Å². The van der Waals surface area contributed by atoms with Crippen molar-refractivity contribution in [1.82, 2.24) is 0 Å². The molecule has 0 aromatic carbocycles. The Morgan fingerprint density at radius 2 is 1.73 bits per heavy atom. The van der Waals surface area contributed by atoms with Gasteiger partial charge in [0.05, 0.1) is 11.5 Å². The van der Waals surface area contributed by atoms with Crippen LogP contribution in [0.25, 0.3) is 0 Å². The maximum Gasteiger partial charge on any atom is 0.150 e. The first-order valence-corrected chi connectivity index (χ1v) is 7.87. The van der Waals surface area contributed by atoms with Crippen LogP contribution in [0.4, 0.5) is 0 Å². The lowest BCUT2D eigenvalue weighted by molar-refractivity contribution is 0.288. The Morgan fingerprint density at radius 3 is 2.40 bits per heavy atom. The van der Waals surface area contributed by atoms with Crippen LogP contribution in [-0.4, -0.2) is 26.0 Å². The number of hydrogen-bond donors (Lipinski definition) is 1. The minimum absolute atomic E-state index is 0.241. The number of hydrogen-bond acceptors (Lipinski definition) is 3. The molecular weight excluding hydrogens is 210 g/mol. The summed E-state index contributed by atoms with van der Waals surface area (Å²) in [5.41, 5.74) is 6.15. The SMILES string of the molecule is NC1CCCCCC1C1CCS(=O)(=O)C1. The van der Waals surface area contributed by atoms with Crippen molar-refractivity contribution in [3.8, 4) is 0 Å². The minimum atomic E-state index is -2.74. The first-order chi connectivity index (χ1) is 7.08. The van der Waals surface area contributed by atoms with Crippen molar-refractivity contribution in [2.45, 2.75) is 44.6 Å². The van der Waals surface area contributed by atoms with Gasteiger partial charge in [-0.3, -0.25) is 0 Å². The minimum Gasteiger partial charge on any atom is -0.327 e. The van der Waals surface area contributed by atoms with Gasteiger partial charge in [-0.1, -0.05) is 19.3 Å². The van der Waals surface area contributed by atoms with Gasteiger partial charge in [-0.25, -0.2) is 8.42 Å². The maximum absolute atomic E-state index is 11.4. The largest absolute Gasteiger partial charge is 0.327 e. The zero-order valence-electron chi connectivity index (χ0n) is 9.19. The van der Waals surface area contributed by atoms with Crippen molar-refractivity contribution in [2.75, 3.05) is 11.5 Å². The van der Waals surface area contributed by atoms with Crippen molar-refractivity contribution in [1.29, 1.82) is 0 Å². The Morgan fingerprint density at radius 1 is 1.00 bits per heavy atom. The second kappa shape index (κ2) is 4.42. The summed E-state index contributed by atoms with van der Waals surface area (Å²) >= 11 is 0. The highest BCUT2D eigenvalue weighted by molar-refractivity contribution is 7.91. The fraction of sp³-hybridized carbons (Fsp3) is 1.00. The molecule has 1 heterocycles. The molecule has 0 spiro atoms. The Labute approximate surface area is 92.3 Å². The first kappa shape index (κ1) is 11.4. The summed E-state index contributed by atoms with van der Waals surface area (Å²) in [6.07, 6.45) is 6.79. The molecule has 3 nitrogen and oxygen atoms in total. The predicted molar refractivity (Wildman–Crippen MR) is 61.3 cm³/mol. The summed E-state index contributed by atoms with van der Waals surface area (Å²) in [6.45, 7) is 0. The zero-order valence-corrected chi connectivity index (χ0v) is 10.0. The van der Waals surface area contributed by atoms with Crippen LogP contribution in [0.2, 0.25) is 0 Å². The molecule has 2 fully saturated rings. The van der Waals surface area contributed by atoms with Gasteiger partial charge in [-0.05, 0) is 31.1 Å². The van der Waals surface area contributed by atoms with Gasteiger partial charge in [0.15, 0.2) is 9.84 Å². The predicted octanol–water partition coefficient (Wildman–Crippen LogP) is 1.33. The van der Waals surface area contributed by atoms with Crippen LogP contribution in [0.5, 0.6) is 0 Å². The molecule has 0 bridgehead atoms. The van der Waals surface area contributed by atoms with Gasteiger partial charge in [0.1, 0.15) is 0 Å². The number of nitrogens with two attached hydrogens (primary N) is 1. The summed E-state index contributed by atoms with van der Waals surface area (Å²) < 4.78 is 22.9. The van der Waals surface area contributed by atoms with Crippen LogP contribution < -0.4 is 5.73 Å². The van der Waals surface area contributed by atoms with Crippen molar-refractivity contribution in [3.05, 3.63) is 0 Å². The molecule has 3 unspecified atom stereocenters. The Hall–Kier alpha value is -0.0900. The summed E-state index contributed by atoms with van der Waals surface area (Å²) in [5, 5.41) is 0. The molecule has 2 aliphatic rings. The first-order valence-electron chi connectivity index (χ1n) is 6.04. The fourth-order valence-electron chi connectivity index (χ4n) is 3.11. The molecule has 3 atom stereocenters. The van der Waals surface area contributed by atoms with E-state index in [4.69, 9.17) is 5.73 Å². The summed E-state index contributed by atoms with van der Waals surface area (Å²) in [6, 6.07) is 0.241. The average molecular weight is 231 g/mol. The summed E-state index contributed by atoms with van der Waals surface area (Å²) in [7, 11) is -2.74. The van der Waals surface area contributed by atoms with E-state index in [-0.39, 0.29) is 6.04 Å². The molecule has 1 saturated carbocycles. The summed E-state index contributed by atoms with van der Waals surface area (Å²) in [4.78, 5) is 0. The van der Waals surface area contributed by atoms with Gasteiger partial charge in [0.2, 0.25) is 0 Å². The molecular formula is C11H21NO2S. The van der Waals surface area contributed by atoms with Crippen LogP contribution in [-0.2, 0) is 9.84 Å². The molecule has 15 heavy (non-hydrogen) atoms. The molecule has 2 rings (SSSR count). The molecule has 1 saturated heterocycles. The molecule has 1 aliphatic heterocycles. The third kappa shape index (κ3) is 2.72. The fourth-order valence-corrected chi connectivity index (χ4v) is 5.01. The highest BCUT2D eigenvalue weighted by atomic mass is 32.2. The number of rotatable bonds is 1. The van der Waals surface area contributed by atoms with Gasteiger partial charge >= 0.3 is 0 Å². The molecule has 1 aliphatic carbocycles. The Kier molecular flexibility index (Phi) is 3.36. The van der Waals surface area contributed by atoms with E-state index in [1.807, 2.05) is 0 Å². The van der Waals surface area contributed by atoms with Crippen molar-refractivity contribution in [3.63, 3.8) is 0 Å². The lowest BCUT2D eigenvalue weighted by Gasteiger charge is -2.26. The van der Waals surface area contributed by atoms with Crippen LogP contribution in [0, 0.1) is 11.8 Å². The van der Waals surface area contributed by atoms with Gasteiger partial charge in [-0.2, -0.15) is 0 Å². The molecule has 88 valence electrons. The lowest BCUT2D eigenvalue weighted by atomic mass is 9.83. The van der Waals surface area contributed by atoms with Gasteiger partial charge in [0, 0.05) is 6.04 Å². The van der Waals surface area contributed by atoms with E-state index in [0.717, 1.165) is 19.3 Å². The Bertz CT molecular complexity index is 313. The molecule has 0 amide bonds. The van der Waals surface area contributed by atoms with E-state index < -0.39 is 9.84 Å². The van der Waals surface area contributed by atoms with E-state index in [0.29, 0.717) is 23.3 Å². The third-order valence-corrected chi connectivity index (χ3v) is 5.79.